The summed E-state index contributed by atoms with van der Waals surface area (Å²) in [6.45, 7) is 2.51. The lowest BCUT2D eigenvalue weighted by molar-refractivity contribution is -0.138. The van der Waals surface area contributed by atoms with Crippen molar-refractivity contribution < 1.29 is 27.1 Å². The lowest BCUT2D eigenvalue weighted by Gasteiger charge is -2.07. The number of ether oxygens (including phenoxy) is 2. The van der Waals surface area contributed by atoms with Gasteiger partial charge in [-0.05, 0) is 60.0 Å². The van der Waals surface area contributed by atoms with Crippen molar-refractivity contribution in [3.05, 3.63) is 89.9 Å². The van der Waals surface area contributed by atoms with Gasteiger partial charge >= 0.3 is 5.97 Å². The smallest absolute Gasteiger partial charge is 0.330 e. The molecule has 0 spiro atoms. The second-order valence-electron chi connectivity index (χ2n) is 6.82. The Labute approximate surface area is 187 Å². The molecule has 0 fully saturated rings. The largest absolute Gasteiger partial charge is 0.490 e. The maximum Gasteiger partial charge on any atom is 0.330 e. The van der Waals surface area contributed by atoms with E-state index >= 15 is 0 Å². The summed E-state index contributed by atoms with van der Waals surface area (Å²) in [6.07, 6.45) is 5.25. The Morgan fingerprint density at radius 1 is 1.06 bits per heavy atom. The molecule has 0 unspecified atom stereocenters. The average Bonchev–Trinajstić information content (AvgIpc) is 3.33. The van der Waals surface area contributed by atoms with E-state index in [1.165, 1.54) is 30.0 Å². The van der Waals surface area contributed by atoms with Gasteiger partial charge in [-0.2, -0.15) is 0 Å². The van der Waals surface area contributed by atoms with Crippen molar-refractivity contribution in [2.24, 2.45) is 0 Å². The van der Waals surface area contributed by atoms with Crippen molar-refractivity contribution >= 4 is 22.1 Å². The minimum atomic E-state index is -3.67. The highest BCUT2D eigenvalue weighted by atomic mass is 32.2. The van der Waals surface area contributed by atoms with Crippen molar-refractivity contribution in [3.8, 4) is 5.75 Å². The van der Waals surface area contributed by atoms with E-state index in [0.717, 1.165) is 12.2 Å². The van der Waals surface area contributed by atoms with Gasteiger partial charge in [0.2, 0.25) is 10.0 Å². The first-order chi connectivity index (χ1) is 15.5. The number of hydrogen-bond donors (Lipinski definition) is 1. The number of furan rings is 1. The van der Waals surface area contributed by atoms with Crippen LogP contribution >= 0.6 is 0 Å². The monoisotopic (exact) mass is 455 g/mol. The molecule has 0 saturated heterocycles. The number of carbonyl (C=O) groups is 1. The summed E-state index contributed by atoms with van der Waals surface area (Å²) in [6, 6.07) is 17.3. The molecule has 3 aromatic rings. The molecule has 7 nitrogen and oxygen atoms in total. The third-order valence-electron chi connectivity index (χ3n) is 4.52. The Kier molecular flexibility index (Phi) is 8.24. The second-order valence-corrected chi connectivity index (χ2v) is 8.59. The van der Waals surface area contributed by atoms with Crippen molar-refractivity contribution in [1.29, 1.82) is 0 Å². The Balaban J connectivity index is 1.43. The number of sulfonamides is 1. The Hall–Kier alpha value is -3.36. The first-order valence-corrected chi connectivity index (χ1v) is 11.6. The molecule has 1 aromatic heterocycles. The molecule has 32 heavy (non-hydrogen) atoms. The van der Waals surface area contributed by atoms with Gasteiger partial charge in [0, 0.05) is 6.08 Å². The third kappa shape index (κ3) is 7.11. The summed E-state index contributed by atoms with van der Waals surface area (Å²) in [5, 5.41) is 0. The number of aryl methyl sites for hydroxylation is 1. The van der Waals surface area contributed by atoms with Crippen LogP contribution in [0.25, 0.3) is 6.08 Å². The van der Waals surface area contributed by atoms with Crippen LogP contribution < -0.4 is 9.46 Å². The zero-order chi connectivity index (χ0) is 22.8. The van der Waals surface area contributed by atoms with Crippen LogP contribution in [0, 0.1) is 0 Å². The fourth-order valence-electron chi connectivity index (χ4n) is 2.79. The number of benzene rings is 2. The summed E-state index contributed by atoms with van der Waals surface area (Å²) in [7, 11) is -3.67. The molecule has 0 bridgehead atoms. The van der Waals surface area contributed by atoms with E-state index in [1.54, 1.807) is 30.3 Å². The van der Waals surface area contributed by atoms with Crippen molar-refractivity contribution in [2.45, 2.75) is 24.8 Å². The van der Waals surface area contributed by atoms with Crippen molar-refractivity contribution in [2.75, 3.05) is 13.2 Å². The summed E-state index contributed by atoms with van der Waals surface area (Å²) in [5.41, 5.74) is 1.84. The van der Waals surface area contributed by atoms with Crippen molar-refractivity contribution in [3.63, 3.8) is 0 Å². The molecule has 1 heterocycles. The summed E-state index contributed by atoms with van der Waals surface area (Å²) >= 11 is 0. The van der Waals surface area contributed by atoms with Crippen LogP contribution in [0.15, 0.2) is 82.3 Å². The van der Waals surface area contributed by atoms with E-state index in [9.17, 15) is 13.2 Å². The molecule has 0 aliphatic rings. The first kappa shape index (κ1) is 23.3. The summed E-state index contributed by atoms with van der Waals surface area (Å²) in [4.78, 5) is 12.0. The number of rotatable bonds is 11. The number of hydrogen-bond acceptors (Lipinski definition) is 6. The fourth-order valence-corrected chi connectivity index (χ4v) is 3.78. The normalized spacial score (nSPS) is 11.5. The van der Waals surface area contributed by atoms with Crippen LogP contribution in [0.1, 0.15) is 23.8 Å². The predicted octanol–water partition coefficient (Wildman–Crippen LogP) is 3.96. The van der Waals surface area contributed by atoms with Gasteiger partial charge in [0.25, 0.3) is 0 Å². The van der Waals surface area contributed by atoms with E-state index in [2.05, 4.69) is 11.6 Å². The van der Waals surface area contributed by atoms with E-state index in [0.29, 0.717) is 11.3 Å². The molecule has 168 valence electrons. The van der Waals surface area contributed by atoms with Crippen LogP contribution in [0.5, 0.6) is 5.75 Å². The lowest BCUT2D eigenvalue weighted by atomic mass is 10.2. The summed E-state index contributed by atoms with van der Waals surface area (Å²) in [5.74, 6) is 0.754. The zero-order valence-electron chi connectivity index (χ0n) is 17.7. The Morgan fingerprint density at radius 2 is 1.88 bits per heavy atom. The molecule has 2 aromatic carbocycles. The molecule has 0 aliphatic carbocycles. The Bertz CT molecular complexity index is 1140. The van der Waals surface area contributed by atoms with Gasteiger partial charge in [-0.1, -0.05) is 31.2 Å². The van der Waals surface area contributed by atoms with E-state index in [4.69, 9.17) is 13.9 Å². The first-order valence-electron chi connectivity index (χ1n) is 10.1. The number of esters is 1. The maximum atomic E-state index is 12.3. The van der Waals surface area contributed by atoms with Gasteiger partial charge in [0.1, 0.15) is 24.7 Å². The standard InChI is InChI=1S/C24H25NO6S/c1-2-19-5-3-6-21(17-19)30-15-16-31-24(26)13-10-20-8-11-23(12-9-20)32(27,28)25-18-22-7-4-14-29-22/h3-14,17,25H,2,15-16,18H2,1H3/b13-10+. The highest BCUT2D eigenvalue weighted by Gasteiger charge is 2.14. The lowest BCUT2D eigenvalue weighted by Crippen LogP contribution is -2.22. The van der Waals surface area contributed by atoms with E-state index in [-0.39, 0.29) is 24.7 Å². The van der Waals surface area contributed by atoms with Gasteiger partial charge < -0.3 is 13.9 Å². The minimum absolute atomic E-state index is 0.0661. The molecule has 8 heteroatoms. The SMILES string of the molecule is CCc1cccc(OCCOC(=O)/C=C/c2ccc(S(=O)(=O)NCc3ccco3)cc2)c1. The minimum Gasteiger partial charge on any atom is -0.490 e. The predicted molar refractivity (Wildman–Crippen MR) is 120 cm³/mol. The van der Waals surface area contributed by atoms with Gasteiger partial charge in [-0.25, -0.2) is 17.9 Å². The summed E-state index contributed by atoms with van der Waals surface area (Å²) < 4.78 is 43.0. The number of nitrogens with one attached hydrogen (secondary N) is 1. The second kappa shape index (κ2) is 11.3. The van der Waals surface area contributed by atoms with Crippen LogP contribution in [0.2, 0.25) is 0 Å². The molecule has 3 rings (SSSR count). The molecular weight excluding hydrogens is 430 g/mol. The maximum absolute atomic E-state index is 12.3. The Morgan fingerprint density at radius 3 is 2.59 bits per heavy atom. The van der Waals surface area contributed by atoms with Crippen molar-refractivity contribution in [1.82, 2.24) is 4.72 Å². The average molecular weight is 456 g/mol. The van der Waals surface area contributed by atoms with E-state index < -0.39 is 16.0 Å². The zero-order valence-corrected chi connectivity index (χ0v) is 18.5. The number of carbonyl (C=O) groups excluding carboxylic acids is 1. The molecule has 0 atom stereocenters. The van der Waals surface area contributed by atoms with Gasteiger partial charge in [0.15, 0.2) is 0 Å². The van der Waals surface area contributed by atoms with Crippen LogP contribution in [-0.4, -0.2) is 27.6 Å². The highest BCUT2D eigenvalue weighted by molar-refractivity contribution is 7.89. The van der Waals surface area contributed by atoms with Gasteiger partial charge in [-0.3, -0.25) is 0 Å². The molecule has 0 aliphatic heterocycles. The topological polar surface area (TPSA) is 94.8 Å². The van der Waals surface area contributed by atoms with Crippen LogP contribution in [0.3, 0.4) is 0 Å². The van der Waals surface area contributed by atoms with Gasteiger partial charge in [-0.15, -0.1) is 0 Å². The van der Waals surface area contributed by atoms with Crippen LogP contribution in [-0.2, 0) is 32.5 Å². The van der Waals surface area contributed by atoms with Gasteiger partial charge in [0.05, 0.1) is 17.7 Å². The fraction of sp³-hybridized carbons (Fsp3) is 0.208. The molecule has 0 saturated carbocycles. The quantitative estimate of drug-likeness (QED) is 0.267. The molecule has 1 N–H and O–H groups in total. The molecular formula is C24H25NO6S. The van der Waals surface area contributed by atoms with Crippen LogP contribution in [0.4, 0.5) is 0 Å². The third-order valence-corrected chi connectivity index (χ3v) is 5.94. The highest BCUT2D eigenvalue weighted by Crippen LogP contribution is 2.14. The molecule has 0 radical (unpaired) electrons. The molecule has 0 amide bonds. The van der Waals surface area contributed by atoms with E-state index in [1.807, 2.05) is 24.3 Å².